The topological polar surface area (TPSA) is 58.4 Å². The van der Waals surface area contributed by atoms with Gasteiger partial charge in [-0.1, -0.05) is 26.0 Å². The minimum absolute atomic E-state index is 0.149. The molecule has 0 fully saturated rings. The molecule has 0 heterocycles. The smallest absolute Gasteiger partial charge is 0.269 e. The van der Waals surface area contributed by atoms with Crippen LogP contribution in [0.4, 0.5) is 5.69 Å². The van der Waals surface area contributed by atoms with E-state index in [4.69, 9.17) is 0 Å². The van der Waals surface area contributed by atoms with Crippen molar-refractivity contribution in [1.82, 2.24) is 10.2 Å². The quantitative estimate of drug-likeness (QED) is 0.587. The first kappa shape index (κ1) is 16.6. The van der Waals surface area contributed by atoms with Crippen molar-refractivity contribution in [3.05, 3.63) is 39.9 Å². The minimum atomic E-state index is -0.356. The highest BCUT2D eigenvalue weighted by molar-refractivity contribution is 5.34. The molecule has 0 aliphatic heterocycles. The summed E-state index contributed by atoms with van der Waals surface area (Å²) < 4.78 is 0. The average molecular weight is 279 g/mol. The zero-order valence-electron chi connectivity index (χ0n) is 12.8. The maximum absolute atomic E-state index is 10.7. The van der Waals surface area contributed by atoms with Gasteiger partial charge >= 0.3 is 0 Å². The van der Waals surface area contributed by atoms with Crippen LogP contribution in [0.15, 0.2) is 24.3 Å². The second-order valence-corrected chi connectivity index (χ2v) is 5.80. The van der Waals surface area contributed by atoms with E-state index in [1.165, 1.54) is 6.07 Å². The van der Waals surface area contributed by atoms with E-state index >= 15 is 0 Å². The molecule has 1 aromatic carbocycles. The molecule has 1 aromatic rings. The first-order valence-corrected chi connectivity index (χ1v) is 7.00. The number of nitro benzene ring substituents is 1. The van der Waals surface area contributed by atoms with Gasteiger partial charge in [-0.3, -0.25) is 10.1 Å². The van der Waals surface area contributed by atoms with Crippen molar-refractivity contribution in [1.29, 1.82) is 0 Å². The highest BCUT2D eigenvalue weighted by Gasteiger charge is 2.13. The van der Waals surface area contributed by atoms with Gasteiger partial charge in [-0.15, -0.1) is 0 Å². The lowest BCUT2D eigenvalue weighted by atomic mass is 10.0. The number of hydrogen-bond acceptors (Lipinski definition) is 4. The summed E-state index contributed by atoms with van der Waals surface area (Å²) in [5.74, 6) is 0.655. The predicted octanol–water partition coefficient (Wildman–Crippen LogP) is 2.66. The molecule has 1 rings (SSSR count). The molecule has 20 heavy (non-hydrogen) atoms. The number of nitrogens with one attached hydrogen (secondary N) is 1. The molecule has 0 aliphatic carbocycles. The summed E-state index contributed by atoms with van der Waals surface area (Å²) in [7, 11) is 4.17. The Kier molecular flexibility index (Phi) is 6.61. The van der Waals surface area contributed by atoms with Crippen LogP contribution in [0.1, 0.15) is 25.8 Å². The lowest BCUT2D eigenvalue weighted by molar-refractivity contribution is -0.384. The summed E-state index contributed by atoms with van der Waals surface area (Å²) in [6, 6.07) is 7.26. The molecule has 5 nitrogen and oxygen atoms in total. The maximum atomic E-state index is 10.7. The van der Waals surface area contributed by atoms with Gasteiger partial charge in [-0.2, -0.15) is 0 Å². The number of non-ortho nitro benzene ring substituents is 1. The Balaban J connectivity index is 2.50. The Labute approximate surface area is 121 Å². The van der Waals surface area contributed by atoms with Crippen molar-refractivity contribution in [3.8, 4) is 0 Å². The first-order valence-electron chi connectivity index (χ1n) is 7.00. The Morgan fingerprint density at radius 1 is 1.35 bits per heavy atom. The number of nitro groups is 1. The van der Waals surface area contributed by atoms with Crippen LogP contribution in [0.2, 0.25) is 0 Å². The highest BCUT2D eigenvalue weighted by atomic mass is 16.6. The summed E-state index contributed by atoms with van der Waals surface area (Å²) in [5.41, 5.74) is 1.09. The Morgan fingerprint density at radius 3 is 2.60 bits per heavy atom. The van der Waals surface area contributed by atoms with E-state index in [9.17, 15) is 10.1 Å². The van der Waals surface area contributed by atoms with E-state index in [0.29, 0.717) is 18.5 Å². The zero-order chi connectivity index (χ0) is 15.1. The van der Waals surface area contributed by atoms with Crippen LogP contribution in [-0.4, -0.2) is 36.5 Å². The molecule has 0 spiro atoms. The molecule has 0 bridgehead atoms. The lowest BCUT2D eigenvalue weighted by Gasteiger charge is -2.26. The normalized spacial score (nSPS) is 12.9. The van der Waals surface area contributed by atoms with Crippen LogP contribution >= 0.6 is 0 Å². The van der Waals surface area contributed by atoms with Gasteiger partial charge in [0.15, 0.2) is 0 Å². The number of likely N-dealkylation sites (N-methyl/N-ethyl adjacent to an activating group) is 1. The van der Waals surface area contributed by atoms with Crippen LogP contribution in [0.25, 0.3) is 0 Å². The van der Waals surface area contributed by atoms with E-state index < -0.39 is 0 Å². The Bertz CT molecular complexity index is 433. The fourth-order valence-electron chi connectivity index (χ4n) is 2.18. The Morgan fingerprint density at radius 2 is 2.05 bits per heavy atom. The number of benzene rings is 1. The fourth-order valence-corrected chi connectivity index (χ4v) is 2.18. The van der Waals surface area contributed by atoms with Crippen molar-refractivity contribution in [3.63, 3.8) is 0 Å². The highest BCUT2D eigenvalue weighted by Crippen LogP contribution is 2.13. The molecule has 5 heteroatoms. The van der Waals surface area contributed by atoms with E-state index in [1.807, 2.05) is 6.07 Å². The molecule has 0 aliphatic rings. The van der Waals surface area contributed by atoms with Gasteiger partial charge in [0.2, 0.25) is 0 Å². The first-order chi connectivity index (χ1) is 9.40. The van der Waals surface area contributed by atoms with Gasteiger partial charge in [-0.05, 0) is 32.0 Å². The molecule has 1 unspecified atom stereocenters. The average Bonchev–Trinajstić information content (AvgIpc) is 2.37. The van der Waals surface area contributed by atoms with Crippen molar-refractivity contribution in [2.45, 2.75) is 32.9 Å². The van der Waals surface area contributed by atoms with E-state index in [1.54, 1.807) is 12.1 Å². The van der Waals surface area contributed by atoms with E-state index in [2.05, 4.69) is 38.2 Å². The summed E-state index contributed by atoms with van der Waals surface area (Å²) >= 11 is 0. The third-order valence-corrected chi connectivity index (χ3v) is 3.30. The molecule has 0 aromatic heterocycles. The predicted molar refractivity (Wildman–Crippen MR) is 81.7 cm³/mol. The second kappa shape index (κ2) is 7.97. The summed E-state index contributed by atoms with van der Waals surface area (Å²) in [6.45, 7) is 5.98. The third-order valence-electron chi connectivity index (χ3n) is 3.30. The molecule has 1 atom stereocenters. The largest absolute Gasteiger partial charge is 0.311 e. The molecule has 0 radical (unpaired) electrons. The number of rotatable bonds is 8. The van der Waals surface area contributed by atoms with Crippen molar-refractivity contribution < 1.29 is 4.92 Å². The Hall–Kier alpha value is -1.46. The summed E-state index contributed by atoms with van der Waals surface area (Å²) in [6.07, 6.45) is 1.13. The van der Waals surface area contributed by atoms with Crippen molar-refractivity contribution in [2.75, 3.05) is 20.6 Å². The van der Waals surface area contributed by atoms with Crippen molar-refractivity contribution in [2.24, 2.45) is 5.92 Å². The van der Waals surface area contributed by atoms with E-state index in [-0.39, 0.29) is 10.6 Å². The maximum Gasteiger partial charge on any atom is 0.269 e. The molecular weight excluding hydrogens is 254 g/mol. The van der Waals surface area contributed by atoms with Crippen LogP contribution in [0, 0.1) is 16.0 Å². The van der Waals surface area contributed by atoms with Crippen LogP contribution in [0.3, 0.4) is 0 Å². The van der Waals surface area contributed by atoms with Gasteiger partial charge < -0.3 is 10.2 Å². The van der Waals surface area contributed by atoms with Gasteiger partial charge in [0.25, 0.3) is 5.69 Å². The molecule has 0 saturated carbocycles. The molecule has 112 valence electrons. The number of hydrogen-bond donors (Lipinski definition) is 1. The standard InChI is InChI=1S/C15H25N3O2/c1-12(2)8-15(17(3)4)11-16-10-13-6-5-7-14(9-13)18(19)20/h5-7,9,12,15-16H,8,10-11H2,1-4H3. The molecule has 1 N–H and O–H groups in total. The van der Waals surface area contributed by atoms with Gasteiger partial charge in [0, 0.05) is 31.3 Å². The minimum Gasteiger partial charge on any atom is -0.311 e. The van der Waals surface area contributed by atoms with Gasteiger partial charge in [0.1, 0.15) is 0 Å². The lowest BCUT2D eigenvalue weighted by Crippen LogP contribution is -2.38. The summed E-state index contributed by atoms with van der Waals surface area (Å²) in [4.78, 5) is 12.6. The monoisotopic (exact) mass is 279 g/mol. The molecular formula is C15H25N3O2. The van der Waals surface area contributed by atoms with Gasteiger partial charge in [0.05, 0.1) is 4.92 Å². The van der Waals surface area contributed by atoms with Crippen molar-refractivity contribution >= 4 is 5.69 Å². The van der Waals surface area contributed by atoms with Crippen LogP contribution < -0.4 is 5.32 Å². The number of nitrogens with zero attached hydrogens (tertiary/aromatic N) is 2. The second-order valence-electron chi connectivity index (χ2n) is 5.80. The summed E-state index contributed by atoms with van der Waals surface area (Å²) in [5, 5.41) is 14.1. The van der Waals surface area contributed by atoms with E-state index in [0.717, 1.165) is 18.5 Å². The van der Waals surface area contributed by atoms with Gasteiger partial charge in [-0.25, -0.2) is 0 Å². The SMILES string of the molecule is CC(C)CC(CNCc1cccc([N+](=O)[O-])c1)N(C)C. The third kappa shape index (κ3) is 5.67. The zero-order valence-corrected chi connectivity index (χ0v) is 12.8. The van der Waals surface area contributed by atoms with Crippen LogP contribution in [0.5, 0.6) is 0 Å². The van der Waals surface area contributed by atoms with Crippen LogP contribution in [-0.2, 0) is 6.54 Å². The molecule has 0 amide bonds. The molecule has 0 saturated heterocycles. The fraction of sp³-hybridized carbons (Fsp3) is 0.600.